The number of carbonyl (C=O) groups excluding carboxylic acids is 5. The number of nitrogens with zero attached hydrogens (tertiary/aromatic N) is 1. The van der Waals surface area contributed by atoms with Crippen molar-refractivity contribution in [2.45, 2.75) is 146 Å². The summed E-state index contributed by atoms with van der Waals surface area (Å²) in [6.07, 6.45) is 9.48. The van der Waals surface area contributed by atoms with E-state index < -0.39 is 65.6 Å². The van der Waals surface area contributed by atoms with Crippen LogP contribution in [0.4, 0.5) is 0 Å². The van der Waals surface area contributed by atoms with Crippen LogP contribution in [0.3, 0.4) is 0 Å². The number of halogens is 2. The zero-order valence-corrected chi connectivity index (χ0v) is 31.6. The number of amides is 1. The number of rotatable bonds is 16. The molecule has 0 aromatic carbocycles. The Labute approximate surface area is 297 Å². The molecule has 1 amide bonds. The highest BCUT2D eigenvalue weighted by atomic mass is 35.5. The van der Waals surface area contributed by atoms with Gasteiger partial charge in [-0.15, -0.1) is 23.2 Å². The van der Waals surface area contributed by atoms with Crippen LogP contribution in [0.2, 0.25) is 0 Å². The fourth-order valence-electron chi connectivity index (χ4n) is 9.26. The fraction of sp³-hybridized carbons (Fsp3) is 0.865. The largest absolute Gasteiger partial charge is 0.332 e. The molecule has 6 atom stereocenters. The minimum atomic E-state index is -3.27. The van der Waals surface area contributed by atoms with E-state index in [0.717, 1.165) is 38.5 Å². The number of ketones is 4. The van der Waals surface area contributed by atoms with Crippen LogP contribution in [0, 0.1) is 40.4 Å². The van der Waals surface area contributed by atoms with Crippen molar-refractivity contribution in [3.8, 4) is 0 Å². The summed E-state index contributed by atoms with van der Waals surface area (Å²) in [6, 6.07) is -0.929. The number of alkyl halides is 2. The summed E-state index contributed by atoms with van der Waals surface area (Å²) in [5, 5.41) is -0.508. The number of unbranched alkanes of at least 4 members (excludes halogenated alkanes) is 1. The zero-order valence-electron chi connectivity index (χ0n) is 29.2. The molecule has 8 nitrogen and oxygen atoms in total. The molecule has 3 saturated carbocycles. The van der Waals surface area contributed by atoms with Gasteiger partial charge in [0.25, 0.3) is 0 Å². The molecule has 2 saturated heterocycles. The van der Waals surface area contributed by atoms with Gasteiger partial charge in [0.15, 0.2) is 21.4 Å². The van der Waals surface area contributed by atoms with E-state index in [-0.39, 0.29) is 67.3 Å². The van der Waals surface area contributed by atoms with Crippen LogP contribution in [0.25, 0.3) is 0 Å². The SMILES string of the molecule is CCCC[C@H](CC(=O)[C@@H]1[C@@H]2C(CN1C(=O)[C@@H](CC(=O)CC1(C3CCCS3(=O)=O)CCCCC1)C(C)(C)C)C2(Cl)Cl)C(=O)C(=O)CC1CC1. The van der Waals surface area contributed by atoms with Gasteiger partial charge in [0.05, 0.1) is 17.0 Å². The predicted molar refractivity (Wildman–Crippen MR) is 186 cm³/mol. The van der Waals surface area contributed by atoms with Gasteiger partial charge < -0.3 is 4.90 Å². The molecule has 0 N–H and O–H groups in total. The highest BCUT2D eigenvalue weighted by Gasteiger charge is 2.73. The second-order valence-corrected chi connectivity index (χ2v) is 20.7. The highest BCUT2D eigenvalue weighted by Crippen LogP contribution is 2.66. The molecule has 5 aliphatic rings. The molecule has 2 unspecified atom stereocenters. The number of sulfone groups is 1. The molecule has 0 spiro atoms. The molecule has 0 aromatic rings. The molecule has 0 radical (unpaired) electrons. The fourth-order valence-corrected chi connectivity index (χ4v) is 12.5. The first-order chi connectivity index (χ1) is 22.4. The minimum absolute atomic E-state index is 0.0379. The van der Waals surface area contributed by atoms with E-state index >= 15 is 0 Å². The second kappa shape index (κ2) is 14.4. The molecular weight excluding hydrogens is 673 g/mol. The van der Waals surface area contributed by atoms with Gasteiger partial charge in [0.1, 0.15) is 10.1 Å². The van der Waals surface area contributed by atoms with Gasteiger partial charge in [-0.25, -0.2) is 8.42 Å². The zero-order chi connectivity index (χ0) is 35.2. The monoisotopic (exact) mass is 727 g/mol. The second-order valence-electron chi connectivity index (χ2n) is 16.9. The normalized spacial score (nSPS) is 29.9. The van der Waals surface area contributed by atoms with Gasteiger partial charge in [-0.3, -0.25) is 24.0 Å². The summed E-state index contributed by atoms with van der Waals surface area (Å²) in [5.74, 6) is -3.44. The first-order valence-corrected chi connectivity index (χ1v) is 20.9. The lowest BCUT2D eigenvalue weighted by atomic mass is 9.66. The molecule has 0 bridgehead atoms. The van der Waals surface area contributed by atoms with E-state index in [1.165, 1.54) is 0 Å². The summed E-state index contributed by atoms with van der Waals surface area (Å²) >= 11 is 13.3. The maximum absolute atomic E-state index is 14.5. The molecule has 270 valence electrons. The smallest absolute Gasteiger partial charge is 0.227 e. The van der Waals surface area contributed by atoms with E-state index in [0.29, 0.717) is 38.5 Å². The number of piperidine rings is 1. The van der Waals surface area contributed by atoms with Crippen molar-refractivity contribution < 1.29 is 32.4 Å². The summed E-state index contributed by atoms with van der Waals surface area (Å²) in [4.78, 5) is 70.2. The molecule has 0 aromatic heterocycles. The third-order valence-electron chi connectivity index (χ3n) is 12.3. The molecule has 2 heterocycles. The maximum atomic E-state index is 14.5. The van der Waals surface area contributed by atoms with Crippen molar-refractivity contribution in [3.63, 3.8) is 0 Å². The minimum Gasteiger partial charge on any atom is -0.332 e. The first-order valence-electron chi connectivity index (χ1n) is 18.4. The third kappa shape index (κ3) is 7.93. The average molecular weight is 729 g/mol. The predicted octanol–water partition coefficient (Wildman–Crippen LogP) is 6.86. The maximum Gasteiger partial charge on any atom is 0.227 e. The Morgan fingerprint density at radius 3 is 2.17 bits per heavy atom. The van der Waals surface area contributed by atoms with Gasteiger partial charge in [-0.2, -0.15) is 0 Å². The molecule has 5 fully saturated rings. The van der Waals surface area contributed by atoms with Gasteiger partial charge >= 0.3 is 0 Å². The van der Waals surface area contributed by atoms with Crippen LogP contribution in [-0.4, -0.2) is 70.3 Å². The number of Topliss-reactive ketones (excluding diaryl/α,β-unsaturated/α-hetero) is 4. The molecular formula is C37H55Cl2NO7S. The van der Waals surface area contributed by atoms with Crippen LogP contribution in [0.15, 0.2) is 0 Å². The van der Waals surface area contributed by atoms with Crippen molar-refractivity contribution in [3.05, 3.63) is 0 Å². The summed E-state index contributed by atoms with van der Waals surface area (Å²) in [7, 11) is -3.27. The van der Waals surface area contributed by atoms with Crippen LogP contribution >= 0.6 is 23.2 Å². The van der Waals surface area contributed by atoms with Gasteiger partial charge in [0.2, 0.25) is 11.7 Å². The van der Waals surface area contributed by atoms with Crippen molar-refractivity contribution >= 4 is 62.1 Å². The number of fused-ring (bicyclic) bond motifs is 1. The number of likely N-dealkylation sites (tertiary alicyclic amines) is 1. The lowest BCUT2D eigenvalue weighted by Crippen LogP contribution is -2.51. The number of carbonyl (C=O) groups is 5. The Morgan fingerprint density at radius 2 is 1.60 bits per heavy atom. The lowest BCUT2D eigenvalue weighted by molar-refractivity contribution is -0.148. The Bertz CT molecular complexity index is 1390. The quantitative estimate of drug-likeness (QED) is 0.126. The van der Waals surface area contributed by atoms with E-state index in [9.17, 15) is 32.4 Å². The van der Waals surface area contributed by atoms with Crippen LogP contribution in [-0.2, 0) is 33.8 Å². The van der Waals surface area contributed by atoms with Crippen molar-refractivity contribution in [2.24, 2.45) is 40.4 Å². The highest BCUT2D eigenvalue weighted by molar-refractivity contribution is 7.92. The Balaban J connectivity index is 1.34. The first kappa shape index (κ1) is 37.9. The molecule has 11 heteroatoms. The molecule has 5 rings (SSSR count). The van der Waals surface area contributed by atoms with Gasteiger partial charge in [-0.05, 0) is 61.7 Å². The Morgan fingerprint density at radius 1 is 0.938 bits per heavy atom. The van der Waals surface area contributed by atoms with Crippen molar-refractivity contribution in [2.75, 3.05) is 12.3 Å². The van der Waals surface area contributed by atoms with Crippen molar-refractivity contribution in [1.82, 2.24) is 4.90 Å². The number of hydrogen-bond donors (Lipinski definition) is 0. The van der Waals surface area contributed by atoms with E-state index in [1.54, 1.807) is 4.90 Å². The van der Waals surface area contributed by atoms with Crippen LogP contribution in [0.5, 0.6) is 0 Å². The van der Waals surface area contributed by atoms with Crippen LogP contribution < -0.4 is 0 Å². The Kier molecular flexibility index (Phi) is 11.3. The summed E-state index contributed by atoms with van der Waals surface area (Å²) in [5.41, 5.74) is -1.21. The van der Waals surface area contributed by atoms with E-state index in [4.69, 9.17) is 23.2 Å². The molecule has 48 heavy (non-hydrogen) atoms. The Hall–Kier alpha value is -1.32. The number of hydrogen-bond acceptors (Lipinski definition) is 7. The van der Waals surface area contributed by atoms with Gasteiger partial charge in [0, 0.05) is 55.9 Å². The third-order valence-corrected chi connectivity index (χ3v) is 15.8. The van der Waals surface area contributed by atoms with Crippen molar-refractivity contribution in [1.29, 1.82) is 0 Å². The topological polar surface area (TPSA) is 123 Å². The summed E-state index contributed by atoms with van der Waals surface area (Å²) in [6.45, 7) is 7.91. The lowest BCUT2D eigenvalue weighted by Gasteiger charge is -2.42. The standard InChI is InChI=1S/C37H55Cl2NO7S/c1-5-6-11-24(33(44)29(43)18-23-13-14-23)19-28(42)32-31-27(37(31,38)39)22-40(32)34(45)26(35(2,3)4)20-25(41)21-36(15-8-7-9-16-36)30-12-10-17-48(30,46)47/h23-24,26-27,30-32H,5-22H2,1-4H3/t24-,26-,27?,30?,31+,32-/m1/s1. The van der Waals surface area contributed by atoms with Gasteiger partial charge in [-0.1, -0.05) is 59.8 Å². The van der Waals surface area contributed by atoms with E-state index in [2.05, 4.69) is 0 Å². The molecule has 2 aliphatic heterocycles. The summed E-state index contributed by atoms with van der Waals surface area (Å²) < 4.78 is 25.0. The molecule has 3 aliphatic carbocycles. The van der Waals surface area contributed by atoms with E-state index in [1.807, 2.05) is 27.7 Å². The van der Waals surface area contributed by atoms with Crippen LogP contribution in [0.1, 0.15) is 130 Å². The average Bonchev–Trinajstić information content (AvgIpc) is 3.79.